The number of anilines is 1. The highest BCUT2D eigenvalue weighted by molar-refractivity contribution is 8.00. The summed E-state index contributed by atoms with van der Waals surface area (Å²) in [5.74, 6) is 0.441. The molecule has 0 spiro atoms. The first kappa shape index (κ1) is 18.0. The zero-order valence-electron chi connectivity index (χ0n) is 14.7. The van der Waals surface area contributed by atoms with E-state index in [0.29, 0.717) is 31.7 Å². The van der Waals surface area contributed by atoms with Crippen LogP contribution in [0.1, 0.15) is 11.4 Å². The second kappa shape index (κ2) is 8.10. The molecular formula is C20H19N3O2S2. The fourth-order valence-corrected chi connectivity index (χ4v) is 4.94. The van der Waals surface area contributed by atoms with Gasteiger partial charge in [0.1, 0.15) is 0 Å². The SMILES string of the molecule is O=C(CCN1C(=O)CSc2ccccc21)NCCc1nc2ccccc2s1. The van der Waals surface area contributed by atoms with Crippen LogP contribution in [0, 0.1) is 0 Å². The van der Waals surface area contributed by atoms with Gasteiger partial charge < -0.3 is 10.2 Å². The van der Waals surface area contributed by atoms with Gasteiger partial charge in [-0.1, -0.05) is 24.3 Å². The third-order valence-electron chi connectivity index (χ3n) is 4.37. The quantitative estimate of drug-likeness (QED) is 0.692. The Morgan fingerprint density at radius 3 is 2.85 bits per heavy atom. The highest BCUT2D eigenvalue weighted by Crippen LogP contribution is 2.34. The molecule has 0 radical (unpaired) electrons. The minimum atomic E-state index is -0.0420. The number of hydrogen-bond donors (Lipinski definition) is 1. The zero-order chi connectivity index (χ0) is 18.6. The first-order valence-corrected chi connectivity index (χ1v) is 10.6. The molecule has 0 saturated heterocycles. The smallest absolute Gasteiger partial charge is 0.237 e. The summed E-state index contributed by atoms with van der Waals surface area (Å²) in [4.78, 5) is 31.8. The van der Waals surface area contributed by atoms with E-state index in [1.165, 1.54) is 4.70 Å². The van der Waals surface area contributed by atoms with Crippen LogP contribution in [0.25, 0.3) is 10.2 Å². The second-order valence-corrected chi connectivity index (χ2v) is 8.36. The van der Waals surface area contributed by atoms with Crippen LogP contribution in [-0.4, -0.2) is 35.6 Å². The van der Waals surface area contributed by atoms with Gasteiger partial charge in [0.25, 0.3) is 0 Å². The van der Waals surface area contributed by atoms with Crippen LogP contribution in [-0.2, 0) is 16.0 Å². The van der Waals surface area contributed by atoms with Crippen molar-refractivity contribution in [1.82, 2.24) is 10.3 Å². The van der Waals surface area contributed by atoms with E-state index in [1.54, 1.807) is 28.0 Å². The number of aromatic nitrogens is 1. The van der Waals surface area contributed by atoms with E-state index in [-0.39, 0.29) is 11.8 Å². The molecule has 2 amide bonds. The van der Waals surface area contributed by atoms with Crippen LogP contribution in [0.3, 0.4) is 0 Å². The Hall–Kier alpha value is -2.38. The number of amides is 2. The fraction of sp³-hybridized carbons (Fsp3) is 0.250. The van der Waals surface area contributed by atoms with Gasteiger partial charge in [0.2, 0.25) is 11.8 Å². The Labute approximate surface area is 165 Å². The van der Waals surface area contributed by atoms with E-state index < -0.39 is 0 Å². The molecule has 4 rings (SSSR count). The number of thiazole rings is 1. The van der Waals surface area contributed by atoms with Crippen molar-refractivity contribution in [1.29, 1.82) is 0 Å². The van der Waals surface area contributed by atoms with Crippen LogP contribution in [0.5, 0.6) is 0 Å². The molecule has 0 atom stereocenters. The highest BCUT2D eigenvalue weighted by atomic mass is 32.2. The predicted molar refractivity (Wildman–Crippen MR) is 110 cm³/mol. The Balaban J connectivity index is 1.28. The number of nitrogens with one attached hydrogen (secondary N) is 1. The van der Waals surface area contributed by atoms with Crippen LogP contribution in [0.4, 0.5) is 5.69 Å². The number of para-hydroxylation sites is 2. The number of carbonyl (C=O) groups excluding carboxylic acids is 2. The van der Waals surface area contributed by atoms with Gasteiger partial charge in [-0.15, -0.1) is 23.1 Å². The molecule has 1 aliphatic rings. The van der Waals surface area contributed by atoms with Crippen molar-refractivity contribution < 1.29 is 9.59 Å². The number of carbonyl (C=O) groups is 2. The zero-order valence-corrected chi connectivity index (χ0v) is 16.3. The summed E-state index contributed by atoms with van der Waals surface area (Å²) in [7, 11) is 0. The maximum absolute atomic E-state index is 12.2. The lowest BCUT2D eigenvalue weighted by Gasteiger charge is -2.28. The Bertz CT molecular complexity index is 953. The van der Waals surface area contributed by atoms with Crippen molar-refractivity contribution in [2.45, 2.75) is 17.7 Å². The molecule has 7 heteroatoms. The average Bonchev–Trinajstić information content (AvgIpc) is 3.10. The first-order valence-electron chi connectivity index (χ1n) is 8.84. The van der Waals surface area contributed by atoms with Gasteiger partial charge in [-0.25, -0.2) is 4.98 Å². The van der Waals surface area contributed by atoms with Crippen molar-refractivity contribution in [3.05, 3.63) is 53.5 Å². The number of benzene rings is 2. The van der Waals surface area contributed by atoms with Crippen molar-refractivity contribution in [2.24, 2.45) is 0 Å². The molecule has 2 heterocycles. The van der Waals surface area contributed by atoms with E-state index in [4.69, 9.17) is 0 Å². The number of fused-ring (bicyclic) bond motifs is 2. The highest BCUT2D eigenvalue weighted by Gasteiger charge is 2.24. The molecule has 138 valence electrons. The molecular weight excluding hydrogens is 378 g/mol. The topological polar surface area (TPSA) is 62.3 Å². The van der Waals surface area contributed by atoms with Crippen LogP contribution < -0.4 is 10.2 Å². The van der Waals surface area contributed by atoms with Crippen molar-refractivity contribution in [3.63, 3.8) is 0 Å². The normalized spacial score (nSPS) is 13.6. The molecule has 5 nitrogen and oxygen atoms in total. The van der Waals surface area contributed by atoms with Crippen LogP contribution >= 0.6 is 23.1 Å². The summed E-state index contributed by atoms with van der Waals surface area (Å²) >= 11 is 3.21. The molecule has 3 aromatic rings. The molecule has 1 N–H and O–H groups in total. The summed E-state index contributed by atoms with van der Waals surface area (Å²) in [6.45, 7) is 0.961. The summed E-state index contributed by atoms with van der Waals surface area (Å²) in [5, 5.41) is 3.96. The van der Waals surface area contributed by atoms with Crippen molar-refractivity contribution in [2.75, 3.05) is 23.7 Å². The Morgan fingerprint density at radius 2 is 1.96 bits per heavy atom. The van der Waals surface area contributed by atoms with E-state index in [0.717, 1.165) is 21.1 Å². The molecule has 0 aliphatic carbocycles. The molecule has 2 aromatic carbocycles. The van der Waals surface area contributed by atoms with Gasteiger partial charge in [0, 0.05) is 30.8 Å². The predicted octanol–water partition coefficient (Wildman–Crippen LogP) is 3.48. The van der Waals surface area contributed by atoms with Crippen molar-refractivity contribution in [3.8, 4) is 0 Å². The third kappa shape index (κ3) is 4.14. The minimum Gasteiger partial charge on any atom is -0.356 e. The lowest BCUT2D eigenvalue weighted by molar-refractivity contribution is -0.121. The van der Waals surface area contributed by atoms with E-state index in [9.17, 15) is 9.59 Å². The van der Waals surface area contributed by atoms with Crippen LogP contribution in [0.2, 0.25) is 0 Å². The summed E-state index contributed by atoms with van der Waals surface area (Å²) in [6.07, 6.45) is 1.01. The maximum atomic E-state index is 12.2. The molecule has 1 aliphatic heterocycles. The minimum absolute atomic E-state index is 0.0420. The average molecular weight is 398 g/mol. The summed E-state index contributed by atoms with van der Waals surface area (Å²) in [5.41, 5.74) is 1.91. The second-order valence-electron chi connectivity index (χ2n) is 6.23. The fourth-order valence-electron chi connectivity index (χ4n) is 3.04. The maximum Gasteiger partial charge on any atom is 0.237 e. The first-order chi connectivity index (χ1) is 13.2. The van der Waals surface area contributed by atoms with E-state index >= 15 is 0 Å². The van der Waals surface area contributed by atoms with Crippen LogP contribution in [0.15, 0.2) is 53.4 Å². The molecule has 1 aromatic heterocycles. The Morgan fingerprint density at radius 1 is 1.15 bits per heavy atom. The molecule has 27 heavy (non-hydrogen) atoms. The Kier molecular flexibility index (Phi) is 5.40. The van der Waals surface area contributed by atoms with Gasteiger partial charge in [-0.3, -0.25) is 9.59 Å². The number of thioether (sulfide) groups is 1. The molecule has 0 fully saturated rings. The third-order valence-corrected chi connectivity index (χ3v) is 6.51. The van der Waals surface area contributed by atoms with Gasteiger partial charge in [-0.2, -0.15) is 0 Å². The standard InChI is InChI=1S/C20H19N3O2S2/c24-18(21-11-9-19-22-14-5-1-3-7-16(14)27-19)10-12-23-15-6-2-4-8-17(15)26-13-20(23)25/h1-8H,9-13H2,(H,21,24). The van der Waals surface area contributed by atoms with Gasteiger partial charge in [0.15, 0.2) is 0 Å². The summed E-state index contributed by atoms with van der Waals surface area (Å²) in [6, 6.07) is 15.9. The molecule has 0 unspecified atom stereocenters. The van der Waals surface area contributed by atoms with Gasteiger partial charge >= 0.3 is 0 Å². The van der Waals surface area contributed by atoms with Gasteiger partial charge in [0.05, 0.1) is 26.7 Å². The number of rotatable bonds is 6. The molecule has 0 saturated carbocycles. The van der Waals surface area contributed by atoms with Gasteiger partial charge in [-0.05, 0) is 24.3 Å². The number of hydrogen-bond acceptors (Lipinski definition) is 5. The largest absolute Gasteiger partial charge is 0.356 e. The summed E-state index contributed by atoms with van der Waals surface area (Å²) < 4.78 is 1.17. The van der Waals surface area contributed by atoms with E-state index in [1.807, 2.05) is 42.5 Å². The van der Waals surface area contributed by atoms with Crippen molar-refractivity contribution >= 4 is 50.8 Å². The lowest BCUT2D eigenvalue weighted by atomic mass is 10.2. The number of nitrogens with zero attached hydrogens (tertiary/aromatic N) is 2. The monoisotopic (exact) mass is 397 g/mol. The molecule has 0 bridgehead atoms. The lowest BCUT2D eigenvalue weighted by Crippen LogP contribution is -2.38. The van der Waals surface area contributed by atoms with E-state index in [2.05, 4.69) is 16.4 Å².